The molecule has 0 heterocycles. The van der Waals surface area contributed by atoms with Gasteiger partial charge in [-0.25, -0.2) is 0 Å². The van der Waals surface area contributed by atoms with Gasteiger partial charge in [0.25, 0.3) is 0 Å². The van der Waals surface area contributed by atoms with E-state index in [1.165, 1.54) is 0 Å². The average molecular weight is 347 g/mol. The Balaban J connectivity index is 2.21. The van der Waals surface area contributed by atoms with Crippen molar-refractivity contribution in [1.29, 1.82) is 0 Å². The lowest BCUT2D eigenvalue weighted by Gasteiger charge is -2.07. The molecule has 5 heteroatoms. The normalized spacial score (nSPS) is 10.7. The van der Waals surface area contributed by atoms with Crippen LogP contribution in [0.3, 0.4) is 0 Å². The van der Waals surface area contributed by atoms with Gasteiger partial charge in [-0.2, -0.15) is 0 Å². The number of thioether (sulfide) groups is 2. The lowest BCUT2D eigenvalue weighted by atomic mass is 10.3. The van der Waals surface area contributed by atoms with Crippen LogP contribution in [0.5, 0.6) is 0 Å². The van der Waals surface area contributed by atoms with Crippen LogP contribution in [0.25, 0.3) is 0 Å². The molecule has 0 N–H and O–H groups in total. The molecule has 2 aromatic rings. The third-order valence-electron chi connectivity index (χ3n) is 2.48. The van der Waals surface area contributed by atoms with Gasteiger partial charge in [-0.15, -0.1) is 23.5 Å². The van der Waals surface area contributed by atoms with Crippen LogP contribution in [0.15, 0.2) is 56.0 Å². The second-order valence-electron chi connectivity index (χ2n) is 3.69. The number of hydrogen-bond donors (Lipinski definition) is 0. The molecule has 0 bridgehead atoms. The van der Waals surface area contributed by atoms with Crippen LogP contribution in [-0.2, 0) is 0 Å². The van der Waals surface area contributed by atoms with E-state index in [0.29, 0.717) is 0 Å². The fourth-order valence-corrected chi connectivity index (χ4v) is 4.32. The first kappa shape index (κ1) is 15.5. The van der Waals surface area contributed by atoms with Crippen molar-refractivity contribution in [3.05, 3.63) is 46.4 Å². The van der Waals surface area contributed by atoms with E-state index in [9.17, 15) is 0 Å². The summed E-state index contributed by atoms with van der Waals surface area (Å²) < 4.78 is 0. The van der Waals surface area contributed by atoms with E-state index in [1.807, 2.05) is 36.8 Å². The molecule has 0 aliphatic heterocycles. The van der Waals surface area contributed by atoms with E-state index < -0.39 is 0 Å². The molecule has 100 valence electrons. The molecule has 0 aliphatic carbocycles. The van der Waals surface area contributed by atoms with E-state index in [4.69, 9.17) is 23.2 Å². The van der Waals surface area contributed by atoms with Crippen LogP contribution in [0, 0.1) is 0 Å². The molecule has 0 radical (unpaired) electrons. The van der Waals surface area contributed by atoms with Crippen LogP contribution >= 0.6 is 58.5 Å². The molecule has 2 rings (SSSR count). The van der Waals surface area contributed by atoms with Gasteiger partial charge in [0.1, 0.15) is 0 Å². The van der Waals surface area contributed by atoms with E-state index in [-0.39, 0.29) is 0 Å². The molecule has 0 aromatic heterocycles. The molecule has 0 saturated heterocycles. The minimum absolute atomic E-state index is 0.796. The highest BCUT2D eigenvalue weighted by Gasteiger charge is 2.05. The molecular formula is C14H12Cl2S3. The number of hydrogen-bond acceptors (Lipinski definition) is 3. The van der Waals surface area contributed by atoms with Crippen LogP contribution in [-0.4, -0.2) is 12.5 Å². The standard InChI is InChI=1S/C14H12Cl2S3/c1-17-13-5-3-9(7-11(13)15)19-10-4-6-14(18-2)12(16)8-10/h3-8H,1-2H3. The van der Waals surface area contributed by atoms with Crippen molar-refractivity contribution < 1.29 is 0 Å². The SMILES string of the molecule is CSc1ccc(Sc2ccc(SC)c(Cl)c2)cc1Cl. The van der Waals surface area contributed by atoms with Crippen LogP contribution in [0.4, 0.5) is 0 Å². The third-order valence-corrected chi connectivity index (χ3v) is 5.90. The minimum atomic E-state index is 0.796. The zero-order valence-corrected chi connectivity index (χ0v) is 14.4. The van der Waals surface area contributed by atoms with Crippen molar-refractivity contribution in [1.82, 2.24) is 0 Å². The van der Waals surface area contributed by atoms with Crippen molar-refractivity contribution in [3.8, 4) is 0 Å². The molecule has 0 unspecified atom stereocenters. The van der Waals surface area contributed by atoms with Crippen molar-refractivity contribution in [2.24, 2.45) is 0 Å². The Morgan fingerprint density at radius 3 is 1.47 bits per heavy atom. The maximum absolute atomic E-state index is 6.21. The van der Waals surface area contributed by atoms with Gasteiger partial charge in [-0.3, -0.25) is 0 Å². The van der Waals surface area contributed by atoms with Gasteiger partial charge in [0, 0.05) is 19.6 Å². The van der Waals surface area contributed by atoms with E-state index in [2.05, 4.69) is 12.1 Å². The van der Waals surface area contributed by atoms with Crippen molar-refractivity contribution in [2.75, 3.05) is 12.5 Å². The largest absolute Gasteiger partial charge is 0.128 e. The number of halogens is 2. The van der Waals surface area contributed by atoms with Crippen molar-refractivity contribution in [2.45, 2.75) is 19.6 Å². The molecule has 0 nitrogen and oxygen atoms in total. The number of rotatable bonds is 4. The van der Waals surface area contributed by atoms with Gasteiger partial charge in [0.05, 0.1) is 10.0 Å². The van der Waals surface area contributed by atoms with Crippen LogP contribution in [0.2, 0.25) is 10.0 Å². The molecule has 0 atom stereocenters. The van der Waals surface area contributed by atoms with E-state index in [1.54, 1.807) is 35.3 Å². The van der Waals surface area contributed by atoms with Crippen molar-refractivity contribution in [3.63, 3.8) is 0 Å². The highest BCUT2D eigenvalue weighted by Crippen LogP contribution is 2.36. The Morgan fingerprint density at radius 2 is 1.16 bits per heavy atom. The summed E-state index contributed by atoms with van der Waals surface area (Å²) in [7, 11) is 0. The molecular weight excluding hydrogens is 335 g/mol. The predicted octanol–water partition coefficient (Wildman–Crippen LogP) is 6.59. The lowest BCUT2D eigenvalue weighted by Crippen LogP contribution is -1.79. The second-order valence-corrected chi connectivity index (χ2v) is 7.35. The highest BCUT2D eigenvalue weighted by molar-refractivity contribution is 7.99. The van der Waals surface area contributed by atoms with Gasteiger partial charge in [-0.05, 0) is 48.9 Å². The molecule has 0 fully saturated rings. The van der Waals surface area contributed by atoms with Crippen LogP contribution in [0.1, 0.15) is 0 Å². The van der Waals surface area contributed by atoms with Gasteiger partial charge < -0.3 is 0 Å². The Bertz CT molecular complexity index is 533. The predicted molar refractivity (Wildman–Crippen MR) is 90.6 cm³/mol. The minimum Gasteiger partial charge on any atom is -0.128 e. The molecule has 2 aromatic carbocycles. The summed E-state index contributed by atoms with van der Waals surface area (Å²) in [4.78, 5) is 4.44. The summed E-state index contributed by atoms with van der Waals surface area (Å²) in [5.74, 6) is 0. The lowest BCUT2D eigenvalue weighted by molar-refractivity contribution is 1.32. The third kappa shape index (κ3) is 4.02. The van der Waals surface area contributed by atoms with Gasteiger partial charge in [-0.1, -0.05) is 35.0 Å². The molecule has 0 saturated carbocycles. The smallest absolute Gasteiger partial charge is 0.0552 e. The maximum Gasteiger partial charge on any atom is 0.0552 e. The summed E-state index contributed by atoms with van der Waals surface area (Å²) in [5, 5.41) is 1.59. The zero-order valence-electron chi connectivity index (χ0n) is 10.4. The monoisotopic (exact) mass is 346 g/mol. The van der Waals surface area contributed by atoms with Gasteiger partial charge in [0.2, 0.25) is 0 Å². The van der Waals surface area contributed by atoms with E-state index >= 15 is 0 Å². The van der Waals surface area contributed by atoms with E-state index in [0.717, 1.165) is 29.6 Å². The van der Waals surface area contributed by atoms with Gasteiger partial charge in [0.15, 0.2) is 0 Å². The fourth-order valence-electron chi connectivity index (χ4n) is 1.56. The molecule has 0 amide bonds. The van der Waals surface area contributed by atoms with Crippen LogP contribution < -0.4 is 0 Å². The number of benzene rings is 2. The highest BCUT2D eigenvalue weighted by atomic mass is 35.5. The Kier molecular flexibility index (Phi) is 5.85. The first-order chi connectivity index (χ1) is 9.13. The fraction of sp³-hybridized carbons (Fsp3) is 0.143. The average Bonchev–Trinajstić information content (AvgIpc) is 2.39. The summed E-state index contributed by atoms with van der Waals surface area (Å²) >= 11 is 17.4. The maximum atomic E-state index is 6.21. The topological polar surface area (TPSA) is 0 Å². The first-order valence-corrected chi connectivity index (χ1v) is 9.51. The summed E-state index contributed by atoms with van der Waals surface area (Å²) in [6.07, 6.45) is 4.05. The molecule has 19 heavy (non-hydrogen) atoms. The second kappa shape index (κ2) is 7.19. The Labute approximate surface area is 136 Å². The first-order valence-electron chi connectivity index (χ1n) is 5.49. The Hall–Kier alpha value is 0.0700. The molecule has 0 aliphatic rings. The summed E-state index contributed by atoms with van der Waals surface area (Å²) in [6, 6.07) is 12.3. The Morgan fingerprint density at radius 1 is 0.737 bits per heavy atom. The van der Waals surface area contributed by atoms with Gasteiger partial charge >= 0.3 is 0 Å². The van der Waals surface area contributed by atoms with Crippen molar-refractivity contribution >= 4 is 58.5 Å². The molecule has 0 spiro atoms. The zero-order chi connectivity index (χ0) is 13.8. The quantitative estimate of drug-likeness (QED) is 0.573. The summed E-state index contributed by atoms with van der Waals surface area (Å²) in [5.41, 5.74) is 0. The summed E-state index contributed by atoms with van der Waals surface area (Å²) in [6.45, 7) is 0.